The van der Waals surface area contributed by atoms with Crippen LogP contribution in [0.4, 0.5) is 28.4 Å². The van der Waals surface area contributed by atoms with Crippen molar-refractivity contribution in [1.29, 1.82) is 0 Å². The van der Waals surface area contributed by atoms with Gasteiger partial charge in [-0.25, -0.2) is 0 Å². The molecule has 241 valence electrons. The topological polar surface area (TPSA) is 37.6 Å². The third kappa shape index (κ3) is 3.93. The van der Waals surface area contributed by atoms with Crippen LogP contribution in [0.2, 0.25) is 0 Å². The first-order valence-electron chi connectivity index (χ1n) is 17.5. The molecule has 2 aromatic heterocycles. The van der Waals surface area contributed by atoms with Crippen molar-refractivity contribution in [3.05, 3.63) is 152 Å². The summed E-state index contributed by atoms with van der Waals surface area (Å²) >= 11 is 1.84. The van der Waals surface area contributed by atoms with Crippen molar-refractivity contribution < 1.29 is 9.15 Å². The number of nitrogens with zero attached hydrogens (tertiary/aromatic N) is 1. The predicted molar refractivity (Wildman–Crippen MR) is 219 cm³/mol. The molecule has 1 radical (unpaired) electrons. The molecule has 2 aliphatic heterocycles. The Morgan fingerprint density at radius 1 is 0.558 bits per heavy atom. The molecule has 8 aromatic carbocycles. The second-order valence-corrected chi connectivity index (χ2v) is 14.6. The Kier molecular flexibility index (Phi) is 5.71. The van der Waals surface area contributed by atoms with E-state index in [1.54, 1.807) is 0 Å². The molecule has 0 saturated carbocycles. The Balaban J connectivity index is 1.16. The van der Waals surface area contributed by atoms with Crippen LogP contribution >= 0.6 is 11.3 Å². The summed E-state index contributed by atoms with van der Waals surface area (Å²) in [7, 11) is 2.31. The van der Waals surface area contributed by atoms with Crippen molar-refractivity contribution in [2.45, 2.75) is 0 Å². The highest BCUT2D eigenvalue weighted by molar-refractivity contribution is 7.25. The number of benzene rings is 8. The molecule has 12 rings (SSSR count). The van der Waals surface area contributed by atoms with E-state index in [1.165, 1.54) is 25.6 Å². The van der Waals surface area contributed by atoms with Crippen LogP contribution in [0, 0.1) is 0 Å². The SMILES string of the molecule is [B]1c2cccc3c2N(c2ccccc2O3)c2c1c(-c1ccc3ccccc3c1Nc1ccc3sc4ccccc4c3c1)cc1c2oc2ccccc21. The molecule has 4 heterocycles. The summed E-state index contributed by atoms with van der Waals surface area (Å²) < 4.78 is 15.9. The van der Waals surface area contributed by atoms with Gasteiger partial charge in [-0.05, 0) is 71.0 Å². The molecule has 0 fully saturated rings. The van der Waals surface area contributed by atoms with E-state index in [9.17, 15) is 0 Å². The third-order valence-electron chi connectivity index (χ3n) is 10.7. The highest BCUT2D eigenvalue weighted by Gasteiger charge is 2.37. The van der Waals surface area contributed by atoms with E-state index in [0.717, 1.165) is 89.3 Å². The van der Waals surface area contributed by atoms with Gasteiger partial charge in [0.2, 0.25) is 0 Å². The first-order chi connectivity index (χ1) is 25.8. The largest absolute Gasteiger partial charge is 0.454 e. The summed E-state index contributed by atoms with van der Waals surface area (Å²) in [5.41, 5.74) is 11.3. The van der Waals surface area contributed by atoms with Crippen molar-refractivity contribution in [1.82, 2.24) is 0 Å². The fraction of sp³-hybridized carbons (Fsp3) is 0. The minimum atomic E-state index is 0.819. The fourth-order valence-corrected chi connectivity index (χ4v) is 9.45. The zero-order chi connectivity index (χ0) is 33.9. The Morgan fingerprint density at radius 2 is 1.35 bits per heavy atom. The van der Waals surface area contributed by atoms with Gasteiger partial charge in [0.25, 0.3) is 0 Å². The van der Waals surface area contributed by atoms with E-state index in [0.29, 0.717) is 0 Å². The average molecular weight is 682 g/mol. The van der Waals surface area contributed by atoms with Gasteiger partial charge in [-0.3, -0.25) is 0 Å². The van der Waals surface area contributed by atoms with Crippen LogP contribution in [0.5, 0.6) is 11.5 Å². The van der Waals surface area contributed by atoms with E-state index in [2.05, 4.69) is 151 Å². The number of rotatable bonds is 3. The maximum absolute atomic E-state index is 6.82. The lowest BCUT2D eigenvalue weighted by atomic mass is 9.57. The van der Waals surface area contributed by atoms with Gasteiger partial charge in [0.05, 0.1) is 22.7 Å². The molecule has 1 N–H and O–H groups in total. The lowest BCUT2D eigenvalue weighted by Crippen LogP contribution is -2.42. The summed E-state index contributed by atoms with van der Waals surface area (Å²) in [6, 6.07) is 53.9. The maximum Gasteiger partial charge on any atom is 0.198 e. The van der Waals surface area contributed by atoms with E-state index < -0.39 is 0 Å². The maximum atomic E-state index is 6.82. The van der Waals surface area contributed by atoms with Crippen LogP contribution in [-0.4, -0.2) is 7.28 Å². The Hall–Kier alpha value is -6.50. The number of thiophene rings is 1. The number of fused-ring (bicyclic) bond motifs is 12. The van der Waals surface area contributed by atoms with Crippen molar-refractivity contribution in [2.24, 2.45) is 0 Å². The summed E-state index contributed by atoms with van der Waals surface area (Å²) in [5, 5.41) is 11.0. The summed E-state index contributed by atoms with van der Waals surface area (Å²) in [4.78, 5) is 2.36. The standard InChI is InChI=1S/C46H26BN2O2S/c1-2-11-28-26(10-1)20-22-31(43(28)48-27-21-23-41-32(24-27)30-13-4-8-19-40(30)52-41)33-25-34-29-12-3-6-16-37(29)51-46(34)45-42(33)47-35-14-9-18-39-44(35)49(45)36-15-5-7-17-38(36)50-39/h1-25,48H. The van der Waals surface area contributed by atoms with Gasteiger partial charge in [0, 0.05) is 47.6 Å². The fourth-order valence-electron chi connectivity index (χ4n) is 8.36. The van der Waals surface area contributed by atoms with Gasteiger partial charge in [-0.1, -0.05) is 103 Å². The van der Waals surface area contributed by atoms with Crippen molar-refractivity contribution >= 4 is 111 Å². The molecule has 4 nitrogen and oxygen atoms in total. The highest BCUT2D eigenvalue weighted by Crippen LogP contribution is 2.53. The summed E-state index contributed by atoms with van der Waals surface area (Å²) in [6.45, 7) is 0. The Morgan fingerprint density at radius 3 is 2.31 bits per heavy atom. The molecular weight excluding hydrogens is 655 g/mol. The van der Waals surface area contributed by atoms with Crippen LogP contribution in [0.1, 0.15) is 0 Å². The molecule has 0 aliphatic carbocycles. The molecule has 6 heteroatoms. The normalized spacial score (nSPS) is 12.9. The molecule has 0 bridgehead atoms. The number of ether oxygens (including phenoxy) is 1. The van der Waals surface area contributed by atoms with Gasteiger partial charge >= 0.3 is 0 Å². The molecule has 0 unspecified atom stereocenters. The van der Waals surface area contributed by atoms with Crippen molar-refractivity contribution in [2.75, 3.05) is 10.2 Å². The molecule has 0 amide bonds. The van der Waals surface area contributed by atoms with Gasteiger partial charge in [-0.15, -0.1) is 11.3 Å². The monoisotopic (exact) mass is 681 g/mol. The Labute approximate surface area is 303 Å². The van der Waals surface area contributed by atoms with E-state index in [1.807, 2.05) is 29.5 Å². The molecule has 0 atom stereocenters. The molecule has 0 spiro atoms. The van der Waals surface area contributed by atoms with Crippen LogP contribution in [0.3, 0.4) is 0 Å². The van der Waals surface area contributed by atoms with Crippen LogP contribution in [0.25, 0.3) is 64.0 Å². The lowest BCUT2D eigenvalue weighted by molar-refractivity contribution is 0.477. The van der Waals surface area contributed by atoms with Crippen LogP contribution < -0.4 is 25.9 Å². The van der Waals surface area contributed by atoms with E-state index in [4.69, 9.17) is 9.15 Å². The number of para-hydroxylation sites is 4. The first kappa shape index (κ1) is 28.2. The molecule has 52 heavy (non-hydrogen) atoms. The summed E-state index contributed by atoms with van der Waals surface area (Å²) in [6.07, 6.45) is 0. The first-order valence-corrected chi connectivity index (χ1v) is 18.3. The number of nitrogens with one attached hydrogen (secondary N) is 1. The third-order valence-corrected chi connectivity index (χ3v) is 11.8. The van der Waals surface area contributed by atoms with E-state index in [-0.39, 0.29) is 0 Å². The van der Waals surface area contributed by atoms with Crippen LogP contribution in [-0.2, 0) is 0 Å². The molecular formula is C46H26BN2O2S. The van der Waals surface area contributed by atoms with Crippen molar-refractivity contribution in [3.8, 4) is 22.6 Å². The molecule has 10 aromatic rings. The van der Waals surface area contributed by atoms with Gasteiger partial charge in [0.1, 0.15) is 5.58 Å². The molecule has 0 saturated heterocycles. The van der Waals surface area contributed by atoms with Crippen LogP contribution in [0.15, 0.2) is 156 Å². The minimum absolute atomic E-state index is 0.819. The predicted octanol–water partition coefficient (Wildman–Crippen LogP) is 12.1. The van der Waals surface area contributed by atoms with E-state index >= 15 is 0 Å². The smallest absolute Gasteiger partial charge is 0.198 e. The highest BCUT2D eigenvalue weighted by atomic mass is 32.1. The number of hydrogen-bond donors (Lipinski definition) is 1. The lowest BCUT2D eigenvalue weighted by Gasteiger charge is -2.39. The summed E-state index contributed by atoms with van der Waals surface area (Å²) in [5.74, 6) is 1.65. The minimum Gasteiger partial charge on any atom is -0.454 e. The average Bonchev–Trinajstić information content (AvgIpc) is 3.76. The quantitative estimate of drug-likeness (QED) is 0.188. The zero-order valence-corrected chi connectivity index (χ0v) is 28.5. The second kappa shape index (κ2) is 10.5. The van der Waals surface area contributed by atoms with Gasteiger partial charge in [0.15, 0.2) is 24.4 Å². The Bertz CT molecular complexity index is 3140. The number of hydrogen-bond acceptors (Lipinski definition) is 5. The number of anilines is 5. The van der Waals surface area contributed by atoms with Gasteiger partial charge < -0.3 is 19.4 Å². The second-order valence-electron chi connectivity index (χ2n) is 13.5. The molecule has 2 aliphatic rings. The van der Waals surface area contributed by atoms with Gasteiger partial charge in [-0.2, -0.15) is 0 Å². The number of furan rings is 1. The zero-order valence-electron chi connectivity index (χ0n) is 27.7. The van der Waals surface area contributed by atoms with Crippen molar-refractivity contribution in [3.63, 3.8) is 0 Å².